The Morgan fingerprint density at radius 1 is 1.17 bits per heavy atom. The summed E-state index contributed by atoms with van der Waals surface area (Å²) in [4.78, 5) is 15.6. The van der Waals surface area contributed by atoms with Crippen LogP contribution < -0.4 is 5.43 Å². The van der Waals surface area contributed by atoms with Gasteiger partial charge < -0.3 is 4.98 Å². The molecule has 24 heavy (non-hydrogen) atoms. The Bertz CT molecular complexity index is 911. The van der Waals surface area contributed by atoms with Gasteiger partial charge in [-0.3, -0.25) is 4.79 Å². The maximum atomic E-state index is 12.2. The first-order valence-electron chi connectivity index (χ1n) is 8.19. The van der Waals surface area contributed by atoms with Gasteiger partial charge in [0.15, 0.2) is 0 Å². The first-order chi connectivity index (χ1) is 11.7. The Labute approximate surface area is 140 Å². The number of aromatic nitrogens is 1. The predicted molar refractivity (Wildman–Crippen MR) is 96.1 cm³/mol. The number of nitrogens with zero attached hydrogens (tertiary/aromatic N) is 1. The van der Waals surface area contributed by atoms with Gasteiger partial charge in [0.05, 0.1) is 6.21 Å². The minimum atomic E-state index is -0.00222. The molecule has 2 aromatic carbocycles. The zero-order chi connectivity index (χ0) is 16.5. The van der Waals surface area contributed by atoms with Crippen molar-refractivity contribution in [2.75, 3.05) is 0 Å². The van der Waals surface area contributed by atoms with Crippen molar-refractivity contribution in [3.63, 3.8) is 0 Å². The van der Waals surface area contributed by atoms with E-state index < -0.39 is 0 Å². The molecule has 3 aromatic rings. The van der Waals surface area contributed by atoms with E-state index in [0.29, 0.717) is 5.92 Å². The molecule has 2 atom stereocenters. The van der Waals surface area contributed by atoms with Crippen LogP contribution in [0.15, 0.2) is 59.7 Å². The van der Waals surface area contributed by atoms with E-state index in [2.05, 4.69) is 27.6 Å². The van der Waals surface area contributed by atoms with E-state index in [-0.39, 0.29) is 11.8 Å². The molecule has 2 N–H and O–H groups in total. The van der Waals surface area contributed by atoms with Crippen LogP contribution in [0, 0.1) is 12.8 Å². The van der Waals surface area contributed by atoms with Crippen molar-refractivity contribution >= 4 is 23.0 Å². The molecular formula is C20H19N3O. The molecular weight excluding hydrogens is 298 g/mol. The highest BCUT2D eigenvalue weighted by Crippen LogP contribution is 2.47. The Morgan fingerprint density at radius 3 is 2.75 bits per heavy atom. The molecule has 1 amide bonds. The third-order valence-corrected chi connectivity index (χ3v) is 4.67. The van der Waals surface area contributed by atoms with E-state index in [4.69, 9.17) is 0 Å². The summed E-state index contributed by atoms with van der Waals surface area (Å²) in [5.41, 5.74) is 7.06. The number of carbonyl (C=O) groups is 1. The summed E-state index contributed by atoms with van der Waals surface area (Å²) < 4.78 is 0. The molecule has 1 fully saturated rings. The van der Waals surface area contributed by atoms with E-state index in [9.17, 15) is 4.79 Å². The molecule has 0 bridgehead atoms. The molecule has 4 heteroatoms. The first-order valence-corrected chi connectivity index (χ1v) is 8.19. The van der Waals surface area contributed by atoms with Crippen molar-refractivity contribution in [2.45, 2.75) is 19.3 Å². The highest BCUT2D eigenvalue weighted by Gasteiger charge is 2.43. The minimum Gasteiger partial charge on any atom is -0.358 e. The summed E-state index contributed by atoms with van der Waals surface area (Å²) in [6.45, 7) is 2.01. The second kappa shape index (κ2) is 5.96. The van der Waals surface area contributed by atoms with Gasteiger partial charge in [0.1, 0.15) is 0 Å². The van der Waals surface area contributed by atoms with Gasteiger partial charge in [-0.15, -0.1) is 0 Å². The normalized spacial score (nSPS) is 19.7. The third kappa shape index (κ3) is 2.71. The standard InChI is InChI=1S/C20H19N3O/c1-13-18(15-9-5-6-10-19(15)22-13)12-21-23-20(24)17-11-16(17)14-7-3-2-4-8-14/h2-10,12,16-17,22H,11H2,1H3,(H,23,24). The quantitative estimate of drug-likeness (QED) is 0.559. The maximum Gasteiger partial charge on any atom is 0.243 e. The number of aromatic amines is 1. The van der Waals surface area contributed by atoms with Gasteiger partial charge >= 0.3 is 0 Å². The number of nitrogens with one attached hydrogen (secondary N) is 2. The highest BCUT2D eigenvalue weighted by molar-refractivity contribution is 6.00. The number of hydrogen-bond acceptors (Lipinski definition) is 2. The van der Waals surface area contributed by atoms with Crippen LogP contribution in [-0.2, 0) is 4.79 Å². The molecule has 0 aliphatic heterocycles. The fourth-order valence-corrected chi connectivity index (χ4v) is 3.26. The molecule has 4 rings (SSSR count). The van der Waals surface area contributed by atoms with E-state index in [1.165, 1.54) is 5.56 Å². The summed E-state index contributed by atoms with van der Waals surface area (Å²) in [6.07, 6.45) is 2.63. The van der Waals surface area contributed by atoms with E-state index in [1.54, 1.807) is 6.21 Å². The van der Waals surface area contributed by atoms with E-state index in [1.807, 2.05) is 49.4 Å². The number of carbonyl (C=O) groups excluding carboxylic acids is 1. The van der Waals surface area contributed by atoms with Gasteiger partial charge in [0, 0.05) is 28.1 Å². The van der Waals surface area contributed by atoms with Gasteiger partial charge in [-0.05, 0) is 30.9 Å². The minimum absolute atomic E-state index is 0.00222. The van der Waals surface area contributed by atoms with Crippen molar-refractivity contribution in [3.8, 4) is 0 Å². The zero-order valence-electron chi connectivity index (χ0n) is 13.5. The second-order valence-electron chi connectivity index (χ2n) is 6.30. The van der Waals surface area contributed by atoms with Crippen LogP contribution in [0.25, 0.3) is 10.9 Å². The Kier molecular flexibility index (Phi) is 3.65. The topological polar surface area (TPSA) is 57.2 Å². The number of rotatable bonds is 4. The summed E-state index contributed by atoms with van der Waals surface area (Å²) in [7, 11) is 0. The monoisotopic (exact) mass is 317 g/mol. The molecule has 1 aliphatic rings. The number of hydrogen-bond donors (Lipinski definition) is 2. The fourth-order valence-electron chi connectivity index (χ4n) is 3.26. The molecule has 1 aliphatic carbocycles. The molecule has 4 nitrogen and oxygen atoms in total. The molecule has 1 heterocycles. The van der Waals surface area contributed by atoms with Crippen molar-refractivity contribution in [2.24, 2.45) is 11.0 Å². The van der Waals surface area contributed by atoms with Crippen molar-refractivity contribution in [1.82, 2.24) is 10.4 Å². The number of aryl methyl sites for hydroxylation is 1. The SMILES string of the molecule is Cc1[nH]c2ccccc2c1C=NNC(=O)C1CC1c1ccccc1. The van der Waals surface area contributed by atoms with Gasteiger partial charge in [-0.1, -0.05) is 48.5 Å². The van der Waals surface area contributed by atoms with Crippen LogP contribution in [0.4, 0.5) is 0 Å². The van der Waals surface area contributed by atoms with Gasteiger partial charge in [0.2, 0.25) is 5.91 Å². The van der Waals surface area contributed by atoms with Crippen LogP contribution >= 0.6 is 0 Å². The van der Waals surface area contributed by atoms with Crippen LogP contribution in [0.3, 0.4) is 0 Å². The predicted octanol–water partition coefficient (Wildman–Crippen LogP) is 3.73. The molecule has 2 unspecified atom stereocenters. The molecule has 0 saturated heterocycles. The number of amides is 1. The zero-order valence-corrected chi connectivity index (χ0v) is 13.5. The smallest absolute Gasteiger partial charge is 0.243 e. The molecule has 0 radical (unpaired) electrons. The van der Waals surface area contributed by atoms with Crippen molar-refractivity contribution in [1.29, 1.82) is 0 Å². The van der Waals surface area contributed by atoms with Crippen LogP contribution in [0.2, 0.25) is 0 Å². The fraction of sp³-hybridized carbons (Fsp3) is 0.200. The van der Waals surface area contributed by atoms with Crippen molar-refractivity contribution < 1.29 is 4.79 Å². The lowest BCUT2D eigenvalue weighted by molar-refractivity contribution is -0.122. The number of H-pyrrole nitrogens is 1. The number of benzene rings is 2. The average molecular weight is 317 g/mol. The second-order valence-corrected chi connectivity index (χ2v) is 6.30. The summed E-state index contributed by atoms with van der Waals surface area (Å²) >= 11 is 0. The Balaban J connectivity index is 1.43. The molecule has 1 saturated carbocycles. The molecule has 120 valence electrons. The summed E-state index contributed by atoms with van der Waals surface area (Å²) in [6, 6.07) is 18.3. The maximum absolute atomic E-state index is 12.2. The Morgan fingerprint density at radius 2 is 1.92 bits per heavy atom. The van der Waals surface area contributed by atoms with Gasteiger partial charge in [-0.25, -0.2) is 5.43 Å². The van der Waals surface area contributed by atoms with E-state index in [0.717, 1.165) is 28.6 Å². The van der Waals surface area contributed by atoms with Crippen LogP contribution in [0.5, 0.6) is 0 Å². The third-order valence-electron chi connectivity index (χ3n) is 4.67. The van der Waals surface area contributed by atoms with Crippen LogP contribution in [0.1, 0.15) is 29.2 Å². The molecule has 0 spiro atoms. The molecule has 1 aromatic heterocycles. The lowest BCUT2D eigenvalue weighted by atomic mass is 10.1. The number of hydrazone groups is 1. The van der Waals surface area contributed by atoms with Crippen LogP contribution in [-0.4, -0.2) is 17.1 Å². The lowest BCUT2D eigenvalue weighted by Gasteiger charge is -2.00. The number of para-hydroxylation sites is 1. The summed E-state index contributed by atoms with van der Waals surface area (Å²) in [5, 5.41) is 5.28. The van der Waals surface area contributed by atoms with Gasteiger partial charge in [-0.2, -0.15) is 5.10 Å². The highest BCUT2D eigenvalue weighted by atomic mass is 16.2. The van der Waals surface area contributed by atoms with E-state index >= 15 is 0 Å². The average Bonchev–Trinajstić information content (AvgIpc) is 3.35. The Hall–Kier alpha value is -2.88. The largest absolute Gasteiger partial charge is 0.358 e. The lowest BCUT2D eigenvalue weighted by Crippen LogP contribution is -2.20. The number of fused-ring (bicyclic) bond motifs is 1. The summed E-state index contributed by atoms with van der Waals surface area (Å²) in [5.74, 6) is 0.363. The first kappa shape index (κ1) is 14.7. The van der Waals surface area contributed by atoms with Crippen molar-refractivity contribution in [3.05, 3.63) is 71.4 Å². The van der Waals surface area contributed by atoms with Gasteiger partial charge in [0.25, 0.3) is 0 Å².